The van der Waals surface area contributed by atoms with Crippen LogP contribution in [0.25, 0.3) is 0 Å². The van der Waals surface area contributed by atoms with Crippen molar-refractivity contribution >= 4 is 122 Å². The van der Waals surface area contributed by atoms with E-state index < -0.39 is 10.0 Å². The minimum Gasteiger partial charge on any atom is -0.426 e. The topological polar surface area (TPSA) is 198 Å². The molecule has 0 aliphatic carbocycles. The number of esters is 2. The molecule has 0 fully saturated rings. The second kappa shape index (κ2) is 74.4. The third kappa shape index (κ3) is 61.9. The van der Waals surface area contributed by atoms with E-state index >= 15 is 0 Å². The molecule has 21 heteroatoms. The van der Waals surface area contributed by atoms with E-state index in [1.807, 2.05) is 182 Å². The lowest BCUT2D eigenvalue weighted by atomic mass is 10.1. The average molecular weight is 1460 g/mol. The maximum Gasteiger partial charge on any atom is 0.321 e. The molecule has 6 aromatic rings. The fourth-order valence-electron chi connectivity index (χ4n) is 5.97. The summed E-state index contributed by atoms with van der Waals surface area (Å²) in [7, 11) is -3.31. The fraction of sp³-hybridized carbons (Fsp3) is 0.446. The number of anilines is 2. The van der Waals surface area contributed by atoms with Crippen molar-refractivity contribution in [3.05, 3.63) is 185 Å². The Kier molecular flexibility index (Phi) is 96.4. The van der Waals surface area contributed by atoms with Crippen LogP contribution < -0.4 is 35.5 Å². The summed E-state index contributed by atoms with van der Waals surface area (Å²) in [5.41, 5.74) is 9.21. The molecule has 0 radical (unpaired) electrons. The first-order chi connectivity index (χ1) is 38.7. The van der Waals surface area contributed by atoms with E-state index in [0.29, 0.717) is 52.0 Å². The van der Waals surface area contributed by atoms with Crippen LogP contribution in [-0.2, 0) is 29.2 Å². The Balaban J connectivity index is -0.0000000671. The highest BCUT2D eigenvalue weighted by molar-refractivity contribution is 8.00. The number of aryl methyl sites for hydroxylation is 6. The third-order valence-corrected chi connectivity index (χ3v) is 14.4. The van der Waals surface area contributed by atoms with Crippen LogP contribution in [0, 0.1) is 41.5 Å². The van der Waals surface area contributed by atoms with Crippen LogP contribution in [0.2, 0.25) is 0 Å². The van der Waals surface area contributed by atoms with E-state index in [1.165, 1.54) is 52.6 Å². The number of ether oxygens (including phenoxy) is 2. The zero-order chi connectivity index (χ0) is 60.4. The first-order valence-electron chi connectivity index (χ1n) is 25.0. The zero-order valence-electron chi connectivity index (χ0n) is 48.3. The highest BCUT2D eigenvalue weighted by Gasteiger charge is 2.12. The van der Waals surface area contributed by atoms with Crippen molar-refractivity contribution in [1.29, 1.82) is 0 Å². The molecule has 14 nitrogen and oxygen atoms in total. The maximum atomic E-state index is 11.6. The molecule has 0 bridgehead atoms. The van der Waals surface area contributed by atoms with Gasteiger partial charge in [-0.05, 0) is 169 Å². The molecular formula is C74H135N5O9S7. The summed E-state index contributed by atoms with van der Waals surface area (Å²) in [5, 5.41) is 11.5. The van der Waals surface area contributed by atoms with Crippen molar-refractivity contribution in [3.63, 3.8) is 0 Å². The molecule has 0 saturated heterocycles. The van der Waals surface area contributed by atoms with Crippen LogP contribution in [0.4, 0.5) is 11.4 Å². The lowest BCUT2D eigenvalue weighted by molar-refractivity contribution is -0.132. The zero-order valence-corrected chi connectivity index (χ0v) is 54.1. The van der Waals surface area contributed by atoms with Gasteiger partial charge >= 0.3 is 11.9 Å². The normalized spacial score (nSPS) is 8.59. The van der Waals surface area contributed by atoms with Gasteiger partial charge in [0.1, 0.15) is 11.5 Å². The summed E-state index contributed by atoms with van der Waals surface area (Å²) in [5.74, 6) is 4.04. The van der Waals surface area contributed by atoms with Gasteiger partial charge in [0, 0.05) is 22.8 Å². The van der Waals surface area contributed by atoms with Crippen LogP contribution in [-0.4, -0.2) is 117 Å². The molecule has 95 heavy (non-hydrogen) atoms. The number of amides is 3. The lowest BCUT2D eigenvalue weighted by Crippen LogP contribution is -2.27. The standard InChI is InChI=1S/C11H16N2OS.2C10H13NOS.2C10H12O2S.C9H13NO2S2.14CH4/c1-9-4-3-5-10(6-9)13-11(14)7-12-8-15-2;1-8-3-5-9(6-4-8)10(12)11-7-13-2;1-8-4-3-5-9(6-8)11-10(12)7-13-2;1-8-3-5-9(6-4-8)12-10(11)7-13-2;1-8-4-3-5-9(6-8)12-10(11)7-13-2;1-8-3-5-9(6-4-8)14(11,12)10-7-13-2;;;;;;;;;;;;;;/h3-6,12H,7-8H2,1-2H3,(H,13,14);2*3-6H,7H2,1-2H3,(H,11,12);2*3-6H,7H2,1-2H3;3-6,10H,7H2,1-2H3;14*1H4. The molecule has 0 spiro atoms. The van der Waals surface area contributed by atoms with Gasteiger partial charge in [0.05, 0.1) is 40.5 Å². The first kappa shape index (κ1) is 123. The van der Waals surface area contributed by atoms with Gasteiger partial charge in [-0.25, -0.2) is 13.1 Å². The molecule has 3 amide bonds. The van der Waals surface area contributed by atoms with Gasteiger partial charge in [-0.15, -0.1) is 35.3 Å². The van der Waals surface area contributed by atoms with Crippen LogP contribution in [0.3, 0.4) is 0 Å². The Morgan fingerprint density at radius 1 is 0.379 bits per heavy atom. The van der Waals surface area contributed by atoms with Gasteiger partial charge in [-0.2, -0.15) is 35.3 Å². The Morgan fingerprint density at radius 3 is 1.14 bits per heavy atom. The van der Waals surface area contributed by atoms with Crippen molar-refractivity contribution in [2.24, 2.45) is 0 Å². The molecule has 552 valence electrons. The quantitative estimate of drug-likeness (QED) is 0.0197. The predicted octanol–water partition coefficient (Wildman–Crippen LogP) is 21.2. The predicted molar refractivity (Wildman–Crippen MR) is 446 cm³/mol. The highest BCUT2D eigenvalue weighted by Crippen LogP contribution is 2.15. The summed E-state index contributed by atoms with van der Waals surface area (Å²) in [6, 6.07) is 44.8. The molecule has 0 atom stereocenters. The number of carbonyl (C=O) groups excluding carboxylic acids is 5. The van der Waals surface area contributed by atoms with E-state index in [1.54, 1.807) is 66.0 Å². The summed E-state index contributed by atoms with van der Waals surface area (Å²) in [4.78, 5) is 56.4. The minimum atomic E-state index is -3.31. The Bertz CT molecular complexity index is 2820. The fourth-order valence-corrected chi connectivity index (χ4v) is 9.23. The third-order valence-electron chi connectivity index (χ3n) is 9.82. The number of hydrogen-bond donors (Lipinski definition) is 5. The van der Waals surface area contributed by atoms with E-state index in [-0.39, 0.29) is 134 Å². The maximum absolute atomic E-state index is 11.6. The Morgan fingerprint density at radius 2 is 0.747 bits per heavy atom. The number of benzene rings is 6. The van der Waals surface area contributed by atoms with Gasteiger partial charge < -0.3 is 25.4 Å². The number of thioether (sulfide) groups is 6. The van der Waals surface area contributed by atoms with Crippen molar-refractivity contribution in [2.75, 3.05) is 89.6 Å². The Hall–Kier alpha value is -5.36. The number of nitrogens with one attached hydrogen (secondary N) is 5. The number of sulfonamides is 1. The summed E-state index contributed by atoms with van der Waals surface area (Å²) in [6.07, 6.45) is 11.4. The summed E-state index contributed by atoms with van der Waals surface area (Å²) >= 11 is 9.13. The van der Waals surface area contributed by atoms with Crippen molar-refractivity contribution in [3.8, 4) is 11.5 Å². The van der Waals surface area contributed by atoms with Gasteiger partial charge in [0.25, 0.3) is 5.91 Å². The van der Waals surface area contributed by atoms with Crippen molar-refractivity contribution in [1.82, 2.24) is 15.4 Å². The number of carbonyl (C=O) groups is 5. The molecule has 0 aromatic heterocycles. The SMILES string of the molecule is C.C.C.C.C.C.C.C.C.C.C.C.C.C.CSCC(=O)Nc1cccc(C)c1.CSCC(=O)Oc1ccc(C)cc1.CSCC(=O)Oc1cccc(C)c1.CSCNC(=O)c1ccc(C)cc1.CSCNCC(=O)Nc1cccc(C)c1.CSCNS(=O)(=O)c1ccc(C)cc1. The lowest BCUT2D eigenvalue weighted by Gasteiger charge is -2.06. The average Bonchev–Trinajstić information content (AvgIpc) is 0.874. The van der Waals surface area contributed by atoms with Crippen LogP contribution in [0.1, 0.15) is 148 Å². The van der Waals surface area contributed by atoms with E-state index in [9.17, 15) is 32.4 Å². The molecule has 0 unspecified atom stereocenters. The summed E-state index contributed by atoms with van der Waals surface area (Å²) in [6.45, 7) is 12.2. The smallest absolute Gasteiger partial charge is 0.321 e. The van der Waals surface area contributed by atoms with Gasteiger partial charge in [0.2, 0.25) is 21.8 Å². The first-order valence-corrected chi connectivity index (χ1v) is 34.9. The second-order valence-corrected chi connectivity index (χ2v) is 24.2. The van der Waals surface area contributed by atoms with Gasteiger partial charge in [-0.1, -0.05) is 193 Å². The number of rotatable bonds is 21. The van der Waals surface area contributed by atoms with Crippen LogP contribution in [0.15, 0.2) is 150 Å². The van der Waals surface area contributed by atoms with Gasteiger partial charge in [-0.3, -0.25) is 29.3 Å². The Labute approximate surface area is 610 Å². The molecule has 0 aliphatic rings. The second-order valence-electron chi connectivity index (χ2n) is 17.3. The molecular weight excluding hydrogens is 1330 g/mol. The van der Waals surface area contributed by atoms with Crippen molar-refractivity contribution in [2.45, 2.75) is 150 Å². The highest BCUT2D eigenvalue weighted by atomic mass is 32.2. The monoisotopic (exact) mass is 1460 g/mol. The van der Waals surface area contributed by atoms with E-state index in [0.717, 1.165) is 50.6 Å². The summed E-state index contributed by atoms with van der Waals surface area (Å²) < 4.78 is 35.8. The molecule has 0 heterocycles. The van der Waals surface area contributed by atoms with Crippen molar-refractivity contribution < 1.29 is 41.9 Å². The molecule has 6 aromatic carbocycles. The van der Waals surface area contributed by atoms with Crippen LogP contribution >= 0.6 is 70.6 Å². The minimum absolute atomic E-state index is 0. The van der Waals surface area contributed by atoms with E-state index in [2.05, 4.69) is 26.0 Å². The molecule has 6 rings (SSSR count). The largest absolute Gasteiger partial charge is 0.426 e. The molecule has 0 saturated carbocycles. The van der Waals surface area contributed by atoms with Gasteiger partial charge in [0.15, 0.2) is 0 Å². The molecule has 0 aliphatic heterocycles. The van der Waals surface area contributed by atoms with E-state index in [4.69, 9.17) is 9.47 Å². The number of hydrogen-bond acceptors (Lipinski definition) is 16. The molecule has 5 N–H and O–H groups in total. The van der Waals surface area contributed by atoms with Crippen LogP contribution in [0.5, 0.6) is 11.5 Å².